The molecule has 0 heterocycles. The first-order valence-corrected chi connectivity index (χ1v) is 7.17. The fraction of sp³-hybridized carbons (Fsp3) is 0.200. The second kappa shape index (κ2) is 6.51. The van der Waals surface area contributed by atoms with Crippen LogP contribution in [-0.2, 0) is 6.42 Å². The normalized spacial score (nSPS) is 12.4. The van der Waals surface area contributed by atoms with E-state index in [1.807, 2.05) is 30.3 Å². The molecule has 0 aliphatic heterocycles. The molecule has 0 amide bonds. The minimum Gasteiger partial charge on any atom is -0.330 e. The maximum absolute atomic E-state index is 13.5. The van der Waals surface area contributed by atoms with E-state index in [1.54, 1.807) is 6.07 Å². The average Bonchev–Trinajstić information content (AvgIpc) is 2.40. The molecule has 0 aromatic heterocycles. The van der Waals surface area contributed by atoms with Gasteiger partial charge in [0.2, 0.25) is 0 Å². The number of hydrogen-bond donors (Lipinski definition) is 1. The Morgan fingerprint density at radius 3 is 2.63 bits per heavy atom. The molecule has 2 N–H and O–H groups in total. The molecule has 0 fully saturated rings. The average molecular weight is 343 g/mol. The highest BCUT2D eigenvalue weighted by Crippen LogP contribution is 2.27. The molecular formula is C15H14BrClFN. The summed E-state index contributed by atoms with van der Waals surface area (Å²) in [7, 11) is 0. The molecule has 1 unspecified atom stereocenters. The summed E-state index contributed by atoms with van der Waals surface area (Å²) in [5.41, 5.74) is 7.83. The van der Waals surface area contributed by atoms with Crippen molar-refractivity contribution in [2.45, 2.75) is 12.3 Å². The molecule has 0 spiro atoms. The van der Waals surface area contributed by atoms with Crippen LogP contribution in [0.25, 0.3) is 0 Å². The van der Waals surface area contributed by atoms with Crippen molar-refractivity contribution in [2.75, 3.05) is 6.54 Å². The molecule has 19 heavy (non-hydrogen) atoms. The van der Waals surface area contributed by atoms with Gasteiger partial charge in [-0.15, -0.1) is 0 Å². The minimum absolute atomic E-state index is 0.122. The Balaban J connectivity index is 2.26. The maximum atomic E-state index is 13.5. The van der Waals surface area contributed by atoms with Crippen molar-refractivity contribution in [1.82, 2.24) is 0 Å². The van der Waals surface area contributed by atoms with Crippen LogP contribution in [0, 0.1) is 5.82 Å². The second-order valence-electron chi connectivity index (χ2n) is 4.40. The van der Waals surface area contributed by atoms with Gasteiger partial charge in [0.05, 0.1) is 4.47 Å². The quantitative estimate of drug-likeness (QED) is 0.868. The summed E-state index contributed by atoms with van der Waals surface area (Å²) in [5, 5.41) is 0.689. The minimum atomic E-state index is -0.251. The summed E-state index contributed by atoms with van der Waals surface area (Å²) in [6.07, 6.45) is 0.676. The first-order valence-electron chi connectivity index (χ1n) is 6.00. The standard InChI is InChI=1S/C15H14BrClFN/c16-15-11(4-2-6-14(15)18)7-12(9-19)10-3-1-5-13(17)8-10/h1-6,8,12H,7,9,19H2. The summed E-state index contributed by atoms with van der Waals surface area (Å²) in [6.45, 7) is 0.489. The number of nitrogens with two attached hydrogens (primary N) is 1. The Morgan fingerprint density at radius 1 is 1.21 bits per heavy atom. The van der Waals surface area contributed by atoms with E-state index in [9.17, 15) is 4.39 Å². The lowest BCUT2D eigenvalue weighted by atomic mass is 9.92. The van der Waals surface area contributed by atoms with Gasteiger partial charge in [-0.25, -0.2) is 4.39 Å². The second-order valence-corrected chi connectivity index (χ2v) is 5.63. The van der Waals surface area contributed by atoms with Crippen LogP contribution in [0.3, 0.4) is 0 Å². The van der Waals surface area contributed by atoms with Crippen LogP contribution in [0.2, 0.25) is 5.02 Å². The zero-order valence-electron chi connectivity index (χ0n) is 10.2. The summed E-state index contributed by atoms with van der Waals surface area (Å²) in [6, 6.07) is 12.7. The third kappa shape index (κ3) is 3.56. The Bertz CT molecular complexity index is 574. The van der Waals surface area contributed by atoms with Gasteiger partial charge in [-0.2, -0.15) is 0 Å². The molecule has 0 saturated heterocycles. The summed E-state index contributed by atoms with van der Waals surface area (Å²) in [4.78, 5) is 0. The predicted molar refractivity (Wildman–Crippen MR) is 81.1 cm³/mol. The summed E-state index contributed by atoms with van der Waals surface area (Å²) < 4.78 is 14.0. The third-order valence-corrected chi connectivity index (χ3v) is 4.23. The molecule has 4 heteroatoms. The lowest BCUT2D eigenvalue weighted by Crippen LogP contribution is -2.15. The smallest absolute Gasteiger partial charge is 0.137 e. The van der Waals surface area contributed by atoms with Gasteiger partial charge in [0.1, 0.15) is 5.82 Å². The van der Waals surface area contributed by atoms with Crippen molar-refractivity contribution < 1.29 is 4.39 Å². The zero-order valence-corrected chi connectivity index (χ0v) is 12.6. The number of halogens is 3. The molecule has 2 rings (SSSR count). The van der Waals surface area contributed by atoms with Crippen molar-refractivity contribution in [3.8, 4) is 0 Å². The fourth-order valence-electron chi connectivity index (χ4n) is 2.07. The Labute approximate surface area is 125 Å². The zero-order chi connectivity index (χ0) is 13.8. The van der Waals surface area contributed by atoms with Crippen molar-refractivity contribution in [1.29, 1.82) is 0 Å². The number of rotatable bonds is 4. The molecule has 100 valence electrons. The molecule has 0 saturated carbocycles. The van der Waals surface area contributed by atoms with Crippen molar-refractivity contribution >= 4 is 27.5 Å². The molecule has 0 bridgehead atoms. The number of benzene rings is 2. The molecule has 0 aliphatic carbocycles. The monoisotopic (exact) mass is 341 g/mol. The van der Waals surface area contributed by atoms with Gasteiger partial charge in [0.25, 0.3) is 0 Å². The van der Waals surface area contributed by atoms with E-state index in [1.165, 1.54) is 6.07 Å². The molecule has 2 aromatic carbocycles. The van der Waals surface area contributed by atoms with E-state index >= 15 is 0 Å². The van der Waals surface area contributed by atoms with Crippen LogP contribution in [0.5, 0.6) is 0 Å². The van der Waals surface area contributed by atoms with Crippen molar-refractivity contribution in [3.63, 3.8) is 0 Å². The highest BCUT2D eigenvalue weighted by atomic mass is 79.9. The lowest BCUT2D eigenvalue weighted by Gasteiger charge is -2.16. The Morgan fingerprint density at radius 2 is 1.95 bits per heavy atom. The number of hydrogen-bond acceptors (Lipinski definition) is 1. The molecule has 1 nitrogen and oxygen atoms in total. The van der Waals surface area contributed by atoms with E-state index in [2.05, 4.69) is 15.9 Å². The van der Waals surface area contributed by atoms with Crippen LogP contribution >= 0.6 is 27.5 Å². The first kappa shape index (κ1) is 14.5. The highest BCUT2D eigenvalue weighted by molar-refractivity contribution is 9.10. The van der Waals surface area contributed by atoms with Gasteiger partial charge in [-0.3, -0.25) is 0 Å². The van der Waals surface area contributed by atoms with Gasteiger partial charge in [-0.05, 0) is 58.2 Å². The molecule has 0 radical (unpaired) electrons. The van der Waals surface area contributed by atoms with Gasteiger partial charge in [0, 0.05) is 10.9 Å². The molecule has 0 aliphatic rings. The first-order chi connectivity index (χ1) is 9.11. The van der Waals surface area contributed by atoms with Crippen LogP contribution in [0.4, 0.5) is 4.39 Å². The van der Waals surface area contributed by atoms with Crippen molar-refractivity contribution in [3.05, 3.63) is 68.9 Å². The maximum Gasteiger partial charge on any atom is 0.137 e. The largest absolute Gasteiger partial charge is 0.330 e. The molecule has 1 atom stereocenters. The Hall–Kier alpha value is -0.900. The summed E-state index contributed by atoms with van der Waals surface area (Å²) in [5.74, 6) is -0.129. The third-order valence-electron chi connectivity index (χ3n) is 3.10. The molecular weight excluding hydrogens is 329 g/mol. The SMILES string of the molecule is NCC(Cc1cccc(F)c1Br)c1cccc(Cl)c1. The van der Waals surface area contributed by atoms with E-state index < -0.39 is 0 Å². The predicted octanol–water partition coefficient (Wildman–Crippen LogP) is 4.53. The van der Waals surface area contributed by atoms with Crippen LogP contribution in [0.15, 0.2) is 46.9 Å². The fourth-order valence-corrected chi connectivity index (χ4v) is 2.69. The topological polar surface area (TPSA) is 26.0 Å². The van der Waals surface area contributed by atoms with E-state index in [0.717, 1.165) is 11.1 Å². The van der Waals surface area contributed by atoms with E-state index in [4.69, 9.17) is 17.3 Å². The van der Waals surface area contributed by atoms with Gasteiger partial charge >= 0.3 is 0 Å². The van der Waals surface area contributed by atoms with E-state index in [-0.39, 0.29) is 11.7 Å². The van der Waals surface area contributed by atoms with Crippen LogP contribution in [-0.4, -0.2) is 6.54 Å². The van der Waals surface area contributed by atoms with Gasteiger partial charge < -0.3 is 5.73 Å². The summed E-state index contributed by atoms with van der Waals surface area (Å²) >= 11 is 9.28. The Kier molecular flexibility index (Phi) is 4.97. The lowest BCUT2D eigenvalue weighted by molar-refractivity contribution is 0.613. The highest BCUT2D eigenvalue weighted by Gasteiger charge is 2.14. The van der Waals surface area contributed by atoms with Gasteiger partial charge in [-0.1, -0.05) is 35.9 Å². The molecule has 2 aromatic rings. The van der Waals surface area contributed by atoms with Crippen molar-refractivity contribution in [2.24, 2.45) is 5.73 Å². The van der Waals surface area contributed by atoms with Gasteiger partial charge in [0.15, 0.2) is 0 Å². The van der Waals surface area contributed by atoms with Crippen LogP contribution < -0.4 is 5.73 Å². The van der Waals surface area contributed by atoms with E-state index in [0.29, 0.717) is 22.5 Å². The van der Waals surface area contributed by atoms with Crippen LogP contribution in [0.1, 0.15) is 17.0 Å².